The molecule has 0 aromatic carbocycles. The van der Waals surface area contributed by atoms with Crippen molar-refractivity contribution in [3.05, 3.63) is 18.7 Å². The van der Waals surface area contributed by atoms with Gasteiger partial charge < -0.3 is 15.2 Å². The van der Waals surface area contributed by atoms with E-state index in [0.29, 0.717) is 6.54 Å². The summed E-state index contributed by atoms with van der Waals surface area (Å²) in [4.78, 5) is 15.7. The van der Waals surface area contributed by atoms with Crippen molar-refractivity contribution in [2.75, 3.05) is 13.1 Å². The Labute approximate surface area is 179 Å². The van der Waals surface area contributed by atoms with Crippen molar-refractivity contribution in [3.8, 4) is 0 Å². The molecule has 0 radical (unpaired) electrons. The largest absolute Gasteiger partial charge is 0.338 e. The van der Waals surface area contributed by atoms with Gasteiger partial charge in [0.15, 0.2) is 0 Å². The number of imidazole rings is 1. The number of aromatic nitrogens is 2. The van der Waals surface area contributed by atoms with Gasteiger partial charge in [-0.15, -0.1) is 0 Å². The van der Waals surface area contributed by atoms with Crippen molar-refractivity contribution in [1.29, 1.82) is 0 Å². The van der Waals surface area contributed by atoms with Crippen molar-refractivity contribution in [1.82, 2.24) is 20.2 Å². The minimum Gasteiger partial charge on any atom is -0.338 e. The van der Waals surface area contributed by atoms with Crippen LogP contribution in [0.15, 0.2) is 18.7 Å². The van der Waals surface area contributed by atoms with E-state index in [4.69, 9.17) is 0 Å². The molecule has 2 N–H and O–H groups in total. The van der Waals surface area contributed by atoms with E-state index in [2.05, 4.69) is 22.5 Å². The Morgan fingerprint density at radius 2 is 1.21 bits per heavy atom. The third-order valence-corrected chi connectivity index (χ3v) is 5.53. The summed E-state index contributed by atoms with van der Waals surface area (Å²) in [6, 6.07) is -0.0638. The molecular weight excluding hydrogens is 360 g/mol. The van der Waals surface area contributed by atoms with Gasteiger partial charge in [-0.1, -0.05) is 103 Å². The van der Waals surface area contributed by atoms with Crippen LogP contribution in [0, 0.1) is 0 Å². The monoisotopic (exact) mass is 406 g/mol. The van der Waals surface area contributed by atoms with Crippen molar-refractivity contribution >= 4 is 6.03 Å². The van der Waals surface area contributed by atoms with Gasteiger partial charge in [0.25, 0.3) is 0 Å². The van der Waals surface area contributed by atoms with Gasteiger partial charge in [-0.2, -0.15) is 0 Å². The third-order valence-electron chi connectivity index (χ3n) is 5.53. The van der Waals surface area contributed by atoms with Gasteiger partial charge in [0.05, 0.1) is 6.33 Å². The van der Waals surface area contributed by atoms with Crippen LogP contribution in [0.5, 0.6) is 0 Å². The lowest BCUT2D eigenvalue weighted by Gasteiger charge is -2.08. The smallest absolute Gasteiger partial charge is 0.314 e. The molecule has 5 heteroatoms. The van der Waals surface area contributed by atoms with Crippen LogP contribution in [-0.2, 0) is 6.54 Å². The average molecular weight is 407 g/mol. The number of rotatable bonds is 20. The van der Waals surface area contributed by atoms with Crippen LogP contribution in [-0.4, -0.2) is 28.7 Å². The topological polar surface area (TPSA) is 59.0 Å². The van der Waals surface area contributed by atoms with E-state index in [0.717, 1.165) is 19.5 Å². The van der Waals surface area contributed by atoms with E-state index in [9.17, 15) is 4.79 Å². The van der Waals surface area contributed by atoms with Gasteiger partial charge in [0, 0.05) is 32.0 Å². The molecule has 0 aliphatic rings. The fourth-order valence-corrected chi connectivity index (χ4v) is 3.66. The summed E-state index contributed by atoms with van der Waals surface area (Å²) in [5, 5.41) is 5.81. The summed E-state index contributed by atoms with van der Waals surface area (Å²) >= 11 is 0. The van der Waals surface area contributed by atoms with Crippen LogP contribution >= 0.6 is 0 Å². The number of urea groups is 1. The summed E-state index contributed by atoms with van der Waals surface area (Å²) in [6.45, 7) is 4.44. The molecule has 0 aliphatic carbocycles. The Morgan fingerprint density at radius 3 is 1.69 bits per heavy atom. The first-order valence-corrected chi connectivity index (χ1v) is 12.3. The second-order valence-electron chi connectivity index (χ2n) is 8.29. The number of nitrogens with one attached hydrogen (secondary N) is 2. The number of unbranched alkanes of at least 4 members (excludes halogenated alkanes) is 15. The van der Waals surface area contributed by atoms with Crippen molar-refractivity contribution in [2.24, 2.45) is 0 Å². The molecule has 0 bridgehead atoms. The molecule has 1 aromatic heterocycles. The lowest BCUT2D eigenvalue weighted by atomic mass is 10.0. The number of hydrogen-bond donors (Lipinski definition) is 2. The first-order valence-electron chi connectivity index (χ1n) is 12.3. The van der Waals surface area contributed by atoms with E-state index in [-0.39, 0.29) is 6.03 Å². The molecular formula is C24H46N4O. The van der Waals surface area contributed by atoms with Crippen molar-refractivity contribution in [3.63, 3.8) is 0 Å². The van der Waals surface area contributed by atoms with Gasteiger partial charge in [-0.3, -0.25) is 0 Å². The quantitative estimate of drug-likeness (QED) is 0.245. The Morgan fingerprint density at radius 1 is 0.724 bits per heavy atom. The predicted octanol–water partition coefficient (Wildman–Crippen LogP) is 6.44. The highest BCUT2D eigenvalue weighted by Gasteiger charge is 1.99. The van der Waals surface area contributed by atoms with Crippen molar-refractivity contribution < 1.29 is 4.79 Å². The van der Waals surface area contributed by atoms with Crippen LogP contribution in [0.25, 0.3) is 0 Å². The van der Waals surface area contributed by atoms with Crippen LogP contribution in [0.4, 0.5) is 4.79 Å². The van der Waals surface area contributed by atoms with Crippen LogP contribution in [0.2, 0.25) is 0 Å². The fraction of sp³-hybridized carbons (Fsp3) is 0.833. The molecule has 5 nitrogen and oxygen atoms in total. The number of amides is 2. The highest BCUT2D eigenvalue weighted by Crippen LogP contribution is 2.13. The fourth-order valence-electron chi connectivity index (χ4n) is 3.66. The molecule has 0 fully saturated rings. The van der Waals surface area contributed by atoms with Gasteiger partial charge >= 0.3 is 6.03 Å². The molecule has 1 aromatic rings. The second-order valence-corrected chi connectivity index (χ2v) is 8.29. The van der Waals surface area contributed by atoms with Gasteiger partial charge in [-0.05, 0) is 6.42 Å². The molecule has 0 atom stereocenters. The zero-order valence-electron chi connectivity index (χ0n) is 19.0. The summed E-state index contributed by atoms with van der Waals surface area (Å²) in [6.07, 6.45) is 27.4. The molecule has 0 saturated carbocycles. The van der Waals surface area contributed by atoms with Gasteiger partial charge in [-0.25, -0.2) is 9.78 Å². The second kappa shape index (κ2) is 19.8. The SMILES string of the molecule is CCCCCCCCCCCCCCCCCCNC(=O)NCCn1ccnc1. The molecule has 1 heterocycles. The lowest BCUT2D eigenvalue weighted by Crippen LogP contribution is -2.37. The van der Waals surface area contributed by atoms with Crippen LogP contribution < -0.4 is 10.6 Å². The van der Waals surface area contributed by atoms with Crippen molar-refractivity contribution in [2.45, 2.75) is 116 Å². The van der Waals surface area contributed by atoms with Crippen LogP contribution in [0.3, 0.4) is 0 Å². The summed E-state index contributed by atoms with van der Waals surface area (Å²) in [5.41, 5.74) is 0. The average Bonchev–Trinajstić information content (AvgIpc) is 3.24. The molecule has 0 spiro atoms. The van der Waals surface area contributed by atoms with Gasteiger partial charge in [0.2, 0.25) is 0 Å². The minimum atomic E-state index is -0.0638. The Balaban J connectivity index is 1.71. The van der Waals surface area contributed by atoms with E-state index >= 15 is 0 Å². The molecule has 29 heavy (non-hydrogen) atoms. The molecule has 2 amide bonds. The van der Waals surface area contributed by atoms with Gasteiger partial charge in [0.1, 0.15) is 0 Å². The van der Waals surface area contributed by atoms with E-state index in [1.54, 1.807) is 12.5 Å². The number of carbonyl (C=O) groups is 1. The number of carbonyl (C=O) groups excluding carboxylic acids is 1. The molecule has 0 unspecified atom stereocenters. The maximum absolute atomic E-state index is 11.7. The van der Waals surface area contributed by atoms with Crippen LogP contribution in [0.1, 0.15) is 110 Å². The Bertz CT molecular complexity index is 461. The highest BCUT2D eigenvalue weighted by molar-refractivity contribution is 5.73. The maximum atomic E-state index is 11.7. The molecule has 168 valence electrons. The molecule has 0 saturated heterocycles. The maximum Gasteiger partial charge on any atom is 0.314 e. The summed E-state index contributed by atoms with van der Waals surface area (Å²) < 4.78 is 1.95. The van der Waals surface area contributed by atoms with E-state index in [1.165, 1.54) is 96.3 Å². The Hall–Kier alpha value is -1.52. The normalized spacial score (nSPS) is 10.9. The number of nitrogens with zero attached hydrogens (tertiary/aromatic N) is 2. The predicted molar refractivity (Wildman–Crippen MR) is 123 cm³/mol. The lowest BCUT2D eigenvalue weighted by molar-refractivity contribution is 0.240. The summed E-state index contributed by atoms with van der Waals surface area (Å²) in [5.74, 6) is 0. The highest BCUT2D eigenvalue weighted by atomic mass is 16.2. The van der Waals surface area contributed by atoms with E-state index < -0.39 is 0 Å². The third kappa shape index (κ3) is 17.1. The molecule has 1 rings (SSSR count). The Kier molecular flexibility index (Phi) is 17.4. The molecule has 0 aliphatic heterocycles. The first kappa shape index (κ1) is 25.5. The number of hydrogen-bond acceptors (Lipinski definition) is 2. The zero-order valence-corrected chi connectivity index (χ0v) is 19.0. The first-order chi connectivity index (χ1) is 14.3. The zero-order chi connectivity index (χ0) is 20.8. The minimum absolute atomic E-state index is 0.0638. The summed E-state index contributed by atoms with van der Waals surface area (Å²) in [7, 11) is 0. The standard InChI is InChI=1S/C24H46N4O/c1-2-3-4-5-6-7-8-9-10-11-12-13-14-15-16-17-18-26-24(29)27-20-22-28-21-19-25-23-28/h19,21,23H,2-18,20,22H2,1H3,(H2,26,27,29). The van der Waals surface area contributed by atoms with E-state index in [1.807, 2.05) is 10.8 Å².